The minimum atomic E-state index is 0.0170. The number of rotatable bonds is 1. The van der Waals surface area contributed by atoms with Gasteiger partial charge in [0.15, 0.2) is 0 Å². The van der Waals surface area contributed by atoms with E-state index in [0.29, 0.717) is 6.54 Å². The van der Waals surface area contributed by atoms with Crippen molar-refractivity contribution < 1.29 is 4.79 Å². The van der Waals surface area contributed by atoms with Gasteiger partial charge in [0.05, 0.1) is 5.69 Å². The molecule has 0 saturated carbocycles. The molecule has 86 valence electrons. The molecule has 0 unspecified atom stereocenters. The average molecular weight is 227 g/mol. The predicted octanol–water partition coefficient (Wildman–Crippen LogP) is 1.64. The third kappa shape index (κ3) is 1.53. The van der Waals surface area contributed by atoms with E-state index >= 15 is 0 Å². The number of aryl methyl sites for hydroxylation is 2. The highest BCUT2D eigenvalue weighted by atomic mass is 16.1. The molecule has 4 nitrogen and oxygen atoms in total. The summed E-state index contributed by atoms with van der Waals surface area (Å²) in [6, 6.07) is 6.00. The van der Waals surface area contributed by atoms with Crippen molar-refractivity contribution in [3.05, 3.63) is 41.2 Å². The SMILES string of the molecule is Cc1nn(C)cc1-c1ccc2c(c1)C(=O)NC2. The molecular weight excluding hydrogens is 214 g/mol. The molecule has 17 heavy (non-hydrogen) atoms. The van der Waals surface area contributed by atoms with E-state index in [2.05, 4.69) is 10.4 Å². The summed E-state index contributed by atoms with van der Waals surface area (Å²) in [4.78, 5) is 11.6. The van der Waals surface area contributed by atoms with Gasteiger partial charge in [-0.2, -0.15) is 5.10 Å². The van der Waals surface area contributed by atoms with Crippen LogP contribution in [0.1, 0.15) is 21.6 Å². The van der Waals surface area contributed by atoms with Gasteiger partial charge >= 0.3 is 0 Å². The van der Waals surface area contributed by atoms with Crippen molar-refractivity contribution >= 4 is 5.91 Å². The van der Waals surface area contributed by atoms with Gasteiger partial charge in [0, 0.05) is 30.9 Å². The van der Waals surface area contributed by atoms with Crippen molar-refractivity contribution in [2.24, 2.45) is 7.05 Å². The highest BCUT2D eigenvalue weighted by molar-refractivity contribution is 5.99. The van der Waals surface area contributed by atoms with Crippen LogP contribution >= 0.6 is 0 Å². The summed E-state index contributed by atoms with van der Waals surface area (Å²) < 4.78 is 1.79. The van der Waals surface area contributed by atoms with E-state index in [1.54, 1.807) is 4.68 Å². The van der Waals surface area contributed by atoms with Crippen molar-refractivity contribution in [2.45, 2.75) is 13.5 Å². The van der Waals surface area contributed by atoms with Gasteiger partial charge in [0.2, 0.25) is 0 Å². The molecule has 0 atom stereocenters. The van der Waals surface area contributed by atoms with E-state index in [9.17, 15) is 4.79 Å². The fourth-order valence-electron chi connectivity index (χ4n) is 2.26. The van der Waals surface area contributed by atoms with Crippen LogP contribution in [0.2, 0.25) is 0 Å². The van der Waals surface area contributed by atoms with E-state index in [1.807, 2.05) is 38.4 Å². The first-order valence-corrected chi connectivity index (χ1v) is 5.57. The summed E-state index contributed by atoms with van der Waals surface area (Å²) in [6.45, 7) is 2.61. The lowest BCUT2D eigenvalue weighted by atomic mass is 10.0. The van der Waals surface area contributed by atoms with Crippen LogP contribution in [0.5, 0.6) is 0 Å². The van der Waals surface area contributed by atoms with E-state index in [-0.39, 0.29) is 5.91 Å². The molecule has 2 heterocycles. The van der Waals surface area contributed by atoms with Crippen LogP contribution in [0.3, 0.4) is 0 Å². The third-order valence-electron chi connectivity index (χ3n) is 3.12. The van der Waals surface area contributed by atoms with Gasteiger partial charge in [0.25, 0.3) is 5.91 Å². The fraction of sp³-hybridized carbons (Fsp3) is 0.231. The number of carbonyl (C=O) groups excluding carboxylic acids is 1. The van der Waals surface area contributed by atoms with Gasteiger partial charge in [-0.3, -0.25) is 9.48 Å². The summed E-state index contributed by atoms with van der Waals surface area (Å²) in [5.41, 5.74) is 4.96. The lowest BCUT2D eigenvalue weighted by Crippen LogP contribution is -2.12. The number of amides is 1. The molecule has 4 heteroatoms. The smallest absolute Gasteiger partial charge is 0.251 e. The summed E-state index contributed by atoms with van der Waals surface area (Å²) in [6.07, 6.45) is 1.98. The van der Waals surface area contributed by atoms with Gasteiger partial charge in [-0.15, -0.1) is 0 Å². The van der Waals surface area contributed by atoms with Crippen molar-refractivity contribution in [3.8, 4) is 11.1 Å². The van der Waals surface area contributed by atoms with Crippen molar-refractivity contribution in [1.29, 1.82) is 0 Å². The number of hydrogen-bond acceptors (Lipinski definition) is 2. The van der Waals surface area contributed by atoms with Crippen LogP contribution in [0.15, 0.2) is 24.4 Å². The van der Waals surface area contributed by atoms with Crippen LogP contribution in [0.25, 0.3) is 11.1 Å². The predicted molar refractivity (Wildman–Crippen MR) is 64.6 cm³/mol. The molecule has 0 saturated heterocycles. The Morgan fingerprint density at radius 2 is 2.18 bits per heavy atom. The molecule has 0 aliphatic carbocycles. The number of carbonyl (C=O) groups is 1. The zero-order chi connectivity index (χ0) is 12.0. The molecule has 1 amide bonds. The quantitative estimate of drug-likeness (QED) is 0.805. The van der Waals surface area contributed by atoms with Gasteiger partial charge in [-0.1, -0.05) is 12.1 Å². The molecule has 0 fully saturated rings. The van der Waals surface area contributed by atoms with Crippen molar-refractivity contribution in [1.82, 2.24) is 15.1 Å². The van der Waals surface area contributed by atoms with E-state index in [1.165, 1.54) is 0 Å². The molecule has 1 N–H and O–H groups in total. The Hall–Kier alpha value is -2.10. The maximum Gasteiger partial charge on any atom is 0.251 e. The second kappa shape index (κ2) is 3.45. The van der Waals surface area contributed by atoms with Crippen LogP contribution in [0, 0.1) is 6.92 Å². The normalized spacial score (nSPS) is 13.6. The van der Waals surface area contributed by atoms with Crippen LogP contribution in [-0.4, -0.2) is 15.7 Å². The molecule has 2 aromatic rings. The summed E-state index contributed by atoms with van der Waals surface area (Å²) in [5.74, 6) is 0.0170. The van der Waals surface area contributed by atoms with Gasteiger partial charge in [-0.25, -0.2) is 0 Å². The molecule has 1 aliphatic heterocycles. The number of nitrogens with one attached hydrogen (secondary N) is 1. The molecule has 1 aliphatic rings. The van der Waals surface area contributed by atoms with Gasteiger partial charge < -0.3 is 5.32 Å². The van der Waals surface area contributed by atoms with E-state index in [0.717, 1.165) is 27.9 Å². The minimum absolute atomic E-state index is 0.0170. The highest BCUT2D eigenvalue weighted by Crippen LogP contribution is 2.26. The average Bonchev–Trinajstić information content (AvgIpc) is 2.83. The molecule has 1 aromatic heterocycles. The Balaban J connectivity index is 2.14. The molecule has 0 radical (unpaired) electrons. The van der Waals surface area contributed by atoms with Crippen LogP contribution in [-0.2, 0) is 13.6 Å². The molecule has 0 bridgehead atoms. The first-order valence-electron chi connectivity index (χ1n) is 5.57. The Kier molecular flexibility index (Phi) is 2.04. The highest BCUT2D eigenvalue weighted by Gasteiger charge is 2.19. The maximum atomic E-state index is 11.6. The Labute approximate surface area is 99.3 Å². The number of nitrogens with zero attached hydrogens (tertiary/aromatic N) is 2. The zero-order valence-electron chi connectivity index (χ0n) is 9.82. The number of hydrogen-bond donors (Lipinski definition) is 1. The largest absolute Gasteiger partial charge is 0.348 e. The van der Waals surface area contributed by atoms with Crippen LogP contribution in [0.4, 0.5) is 0 Å². The first kappa shape index (κ1) is 10.1. The van der Waals surface area contributed by atoms with Crippen LogP contribution < -0.4 is 5.32 Å². The van der Waals surface area contributed by atoms with Crippen molar-refractivity contribution in [2.75, 3.05) is 0 Å². The molecule has 0 spiro atoms. The first-order chi connectivity index (χ1) is 8.15. The Morgan fingerprint density at radius 1 is 1.35 bits per heavy atom. The van der Waals surface area contributed by atoms with Gasteiger partial charge in [-0.05, 0) is 24.1 Å². The molecule has 1 aromatic carbocycles. The molecular formula is C13H13N3O. The maximum absolute atomic E-state index is 11.6. The number of aromatic nitrogens is 2. The summed E-state index contributed by atoms with van der Waals surface area (Å²) in [5, 5.41) is 7.14. The second-order valence-corrected chi connectivity index (χ2v) is 4.36. The number of fused-ring (bicyclic) bond motifs is 1. The topological polar surface area (TPSA) is 46.9 Å². The van der Waals surface area contributed by atoms with E-state index in [4.69, 9.17) is 0 Å². The summed E-state index contributed by atoms with van der Waals surface area (Å²) in [7, 11) is 1.90. The van der Waals surface area contributed by atoms with E-state index < -0.39 is 0 Å². The third-order valence-corrected chi connectivity index (χ3v) is 3.12. The minimum Gasteiger partial charge on any atom is -0.348 e. The fourth-order valence-corrected chi connectivity index (χ4v) is 2.26. The lowest BCUT2D eigenvalue weighted by molar-refractivity contribution is 0.0966. The zero-order valence-corrected chi connectivity index (χ0v) is 9.82. The lowest BCUT2D eigenvalue weighted by Gasteiger charge is -2.01. The second-order valence-electron chi connectivity index (χ2n) is 4.36. The standard InChI is InChI=1S/C13H13N3O/c1-8-12(7-16(2)15-8)9-3-4-10-6-14-13(17)11(10)5-9/h3-5,7H,6H2,1-2H3,(H,14,17). The molecule has 3 rings (SSSR count). The van der Waals surface area contributed by atoms with Gasteiger partial charge in [0.1, 0.15) is 0 Å². The van der Waals surface area contributed by atoms with Crippen molar-refractivity contribution in [3.63, 3.8) is 0 Å². The summed E-state index contributed by atoms with van der Waals surface area (Å²) >= 11 is 0. The Bertz CT molecular complexity index is 613. The Morgan fingerprint density at radius 3 is 2.88 bits per heavy atom. The number of benzene rings is 1. The monoisotopic (exact) mass is 227 g/mol.